The van der Waals surface area contributed by atoms with Gasteiger partial charge in [0.05, 0.1) is 10.7 Å². The molecule has 1 aliphatic heterocycles. The fourth-order valence-electron chi connectivity index (χ4n) is 2.75. The van der Waals surface area contributed by atoms with Gasteiger partial charge in [-0.05, 0) is 25.7 Å². The Labute approximate surface area is 126 Å². The lowest BCUT2D eigenvalue weighted by atomic mass is 9.92. The molecule has 0 bridgehead atoms. The minimum absolute atomic E-state index is 0.138. The molecule has 0 aromatic carbocycles. The summed E-state index contributed by atoms with van der Waals surface area (Å²) in [6, 6.07) is 0.776. The number of hydrogen-bond donors (Lipinski definition) is 1. The minimum Gasteiger partial charge on any atom is -0.372 e. The average Bonchev–Trinajstić information content (AvgIpc) is 3.09. The molecule has 0 radical (unpaired) electrons. The van der Waals surface area contributed by atoms with Gasteiger partial charge in [-0.15, -0.1) is 11.3 Å². The van der Waals surface area contributed by atoms with E-state index in [0.29, 0.717) is 5.92 Å². The van der Waals surface area contributed by atoms with Crippen LogP contribution in [0.1, 0.15) is 63.3 Å². The van der Waals surface area contributed by atoms with E-state index in [9.17, 15) is 0 Å². The molecule has 2 aliphatic rings. The van der Waals surface area contributed by atoms with Gasteiger partial charge in [-0.25, -0.2) is 4.98 Å². The summed E-state index contributed by atoms with van der Waals surface area (Å²) in [5.74, 6) is 0.583. The number of nitrogens with zero attached hydrogens (tertiary/aromatic N) is 1. The Morgan fingerprint density at radius 3 is 2.80 bits per heavy atom. The van der Waals surface area contributed by atoms with Gasteiger partial charge in [0.15, 0.2) is 0 Å². The van der Waals surface area contributed by atoms with E-state index in [0.717, 1.165) is 24.9 Å². The second-order valence-corrected chi connectivity index (χ2v) is 8.06. The maximum atomic E-state index is 6.06. The van der Waals surface area contributed by atoms with Crippen molar-refractivity contribution in [1.82, 2.24) is 10.3 Å². The van der Waals surface area contributed by atoms with Crippen LogP contribution in [-0.4, -0.2) is 24.2 Å². The molecule has 3 rings (SSSR count). The highest BCUT2D eigenvalue weighted by atomic mass is 32.1. The third kappa shape index (κ3) is 3.41. The van der Waals surface area contributed by atoms with Crippen molar-refractivity contribution in [2.75, 3.05) is 13.2 Å². The van der Waals surface area contributed by atoms with Crippen molar-refractivity contribution in [1.29, 1.82) is 0 Å². The SMILES string of the molecule is CC(C)(C)c1nc(C2OCCCC2CNC2CC2)cs1. The Morgan fingerprint density at radius 1 is 1.35 bits per heavy atom. The highest BCUT2D eigenvalue weighted by molar-refractivity contribution is 7.09. The second-order valence-electron chi connectivity index (χ2n) is 7.20. The van der Waals surface area contributed by atoms with Gasteiger partial charge < -0.3 is 10.1 Å². The molecule has 1 aromatic rings. The molecule has 0 spiro atoms. The molecule has 2 fully saturated rings. The van der Waals surface area contributed by atoms with Gasteiger partial charge in [-0.3, -0.25) is 0 Å². The molecule has 1 saturated carbocycles. The van der Waals surface area contributed by atoms with E-state index in [1.807, 2.05) is 0 Å². The minimum atomic E-state index is 0.138. The van der Waals surface area contributed by atoms with Gasteiger partial charge in [-0.2, -0.15) is 0 Å². The number of nitrogens with one attached hydrogen (secondary N) is 1. The monoisotopic (exact) mass is 294 g/mol. The van der Waals surface area contributed by atoms with Crippen LogP contribution in [0.2, 0.25) is 0 Å². The maximum Gasteiger partial charge on any atom is 0.104 e. The topological polar surface area (TPSA) is 34.1 Å². The molecule has 0 amide bonds. The summed E-state index contributed by atoms with van der Waals surface area (Å²) in [5.41, 5.74) is 1.29. The van der Waals surface area contributed by atoms with Crippen LogP contribution in [0.15, 0.2) is 5.38 Å². The normalized spacial score (nSPS) is 27.8. The quantitative estimate of drug-likeness (QED) is 0.920. The Morgan fingerprint density at radius 2 is 2.15 bits per heavy atom. The lowest BCUT2D eigenvalue weighted by Gasteiger charge is -2.31. The number of rotatable bonds is 4. The van der Waals surface area contributed by atoms with Gasteiger partial charge in [0.25, 0.3) is 0 Å². The zero-order valence-corrected chi connectivity index (χ0v) is 13.6. The number of thiazole rings is 1. The molecule has 112 valence electrons. The standard InChI is InChI=1S/C16H26N2OS/c1-16(2,3)15-18-13(10-20-15)14-11(5-4-8-19-14)9-17-12-6-7-12/h10-12,14,17H,4-9H2,1-3H3. The van der Waals surface area contributed by atoms with Gasteiger partial charge in [0, 0.05) is 35.9 Å². The summed E-state index contributed by atoms with van der Waals surface area (Å²) in [6.45, 7) is 8.64. The van der Waals surface area contributed by atoms with E-state index in [-0.39, 0.29) is 11.5 Å². The van der Waals surface area contributed by atoms with E-state index < -0.39 is 0 Å². The van der Waals surface area contributed by atoms with Crippen LogP contribution < -0.4 is 5.32 Å². The van der Waals surface area contributed by atoms with E-state index in [1.165, 1.54) is 30.7 Å². The van der Waals surface area contributed by atoms with Crippen LogP contribution in [0.5, 0.6) is 0 Å². The van der Waals surface area contributed by atoms with Crippen LogP contribution in [0.3, 0.4) is 0 Å². The lowest BCUT2D eigenvalue weighted by Crippen LogP contribution is -2.33. The molecule has 1 saturated heterocycles. The van der Waals surface area contributed by atoms with E-state index in [4.69, 9.17) is 9.72 Å². The Balaban J connectivity index is 1.69. The highest BCUT2D eigenvalue weighted by Crippen LogP contribution is 2.36. The van der Waals surface area contributed by atoms with Gasteiger partial charge in [-0.1, -0.05) is 20.8 Å². The highest BCUT2D eigenvalue weighted by Gasteiger charge is 2.32. The summed E-state index contributed by atoms with van der Waals surface area (Å²) in [4.78, 5) is 4.86. The van der Waals surface area contributed by atoms with Crippen molar-refractivity contribution < 1.29 is 4.74 Å². The smallest absolute Gasteiger partial charge is 0.104 e. The van der Waals surface area contributed by atoms with Crippen LogP contribution in [0.25, 0.3) is 0 Å². The second kappa shape index (κ2) is 5.74. The number of ether oxygens (including phenoxy) is 1. The molecule has 1 N–H and O–H groups in total. The molecule has 1 aromatic heterocycles. The third-order valence-corrected chi connectivity index (χ3v) is 5.43. The average molecular weight is 294 g/mol. The Hall–Kier alpha value is -0.450. The first kappa shape index (κ1) is 14.5. The third-order valence-electron chi connectivity index (χ3n) is 4.15. The van der Waals surface area contributed by atoms with Crippen molar-refractivity contribution in [2.45, 2.75) is 64.0 Å². The van der Waals surface area contributed by atoms with E-state index >= 15 is 0 Å². The molecule has 1 aliphatic carbocycles. The van der Waals surface area contributed by atoms with Crippen LogP contribution in [-0.2, 0) is 10.2 Å². The molecule has 20 heavy (non-hydrogen) atoms. The van der Waals surface area contributed by atoms with Crippen molar-refractivity contribution in [3.8, 4) is 0 Å². The van der Waals surface area contributed by atoms with E-state index in [2.05, 4.69) is 31.5 Å². The van der Waals surface area contributed by atoms with Gasteiger partial charge >= 0.3 is 0 Å². The molecule has 3 nitrogen and oxygen atoms in total. The first-order valence-corrected chi connectivity index (χ1v) is 8.73. The van der Waals surface area contributed by atoms with E-state index in [1.54, 1.807) is 11.3 Å². The summed E-state index contributed by atoms with van der Waals surface area (Å²) < 4.78 is 6.06. The largest absolute Gasteiger partial charge is 0.372 e. The summed E-state index contributed by atoms with van der Waals surface area (Å²) in [7, 11) is 0. The number of aromatic nitrogens is 1. The fraction of sp³-hybridized carbons (Fsp3) is 0.812. The zero-order chi connectivity index (χ0) is 14.2. The zero-order valence-electron chi connectivity index (χ0n) is 12.8. The van der Waals surface area contributed by atoms with Crippen LogP contribution in [0.4, 0.5) is 0 Å². The predicted molar refractivity (Wildman–Crippen MR) is 83.3 cm³/mol. The summed E-state index contributed by atoms with van der Waals surface area (Å²) in [5, 5.41) is 7.09. The van der Waals surface area contributed by atoms with Crippen LogP contribution >= 0.6 is 11.3 Å². The van der Waals surface area contributed by atoms with Gasteiger partial charge in [0.2, 0.25) is 0 Å². The maximum absolute atomic E-state index is 6.06. The van der Waals surface area contributed by atoms with Crippen molar-refractivity contribution in [3.05, 3.63) is 16.1 Å². The molecular formula is C16H26N2OS. The Kier molecular flexibility index (Phi) is 4.16. The molecule has 2 heterocycles. The van der Waals surface area contributed by atoms with Crippen molar-refractivity contribution in [2.24, 2.45) is 5.92 Å². The van der Waals surface area contributed by atoms with Crippen LogP contribution in [0, 0.1) is 5.92 Å². The molecule has 2 atom stereocenters. The lowest BCUT2D eigenvalue weighted by molar-refractivity contribution is -0.0301. The molecule has 4 heteroatoms. The van der Waals surface area contributed by atoms with Crippen molar-refractivity contribution in [3.63, 3.8) is 0 Å². The summed E-state index contributed by atoms with van der Waals surface area (Å²) in [6.07, 6.45) is 5.34. The first-order valence-electron chi connectivity index (χ1n) is 7.85. The first-order chi connectivity index (χ1) is 9.54. The van der Waals surface area contributed by atoms with Crippen molar-refractivity contribution >= 4 is 11.3 Å². The fourth-order valence-corrected chi connectivity index (χ4v) is 3.68. The number of hydrogen-bond acceptors (Lipinski definition) is 4. The Bertz CT molecular complexity index is 448. The predicted octanol–water partition coefficient (Wildman–Crippen LogP) is 3.66. The molecular weight excluding hydrogens is 268 g/mol. The summed E-state index contributed by atoms with van der Waals surface area (Å²) >= 11 is 1.78. The van der Waals surface area contributed by atoms with Gasteiger partial charge in [0.1, 0.15) is 6.10 Å². The molecule has 2 unspecified atom stereocenters.